The molecule has 1 heterocycles. The molecule has 0 bridgehead atoms. The molecule has 0 aromatic rings. The first-order valence-electron chi connectivity index (χ1n) is 7.91. The quantitative estimate of drug-likeness (QED) is 0.713. The molecule has 18 heavy (non-hydrogen) atoms. The van der Waals surface area contributed by atoms with Gasteiger partial charge in [0, 0.05) is 12.3 Å². The van der Waals surface area contributed by atoms with Crippen LogP contribution in [0.4, 0.5) is 0 Å². The molecule has 0 radical (unpaired) electrons. The highest BCUT2D eigenvalue weighted by Gasteiger charge is 2.53. The lowest BCUT2D eigenvalue weighted by atomic mass is 9.64. The largest absolute Gasteiger partial charge is 0.390 e. The van der Waals surface area contributed by atoms with Crippen LogP contribution < -0.4 is 0 Å². The van der Waals surface area contributed by atoms with Crippen molar-refractivity contribution in [3.63, 3.8) is 0 Å². The summed E-state index contributed by atoms with van der Waals surface area (Å²) in [5, 5.41) is 10.9. The molecule has 0 aromatic carbocycles. The summed E-state index contributed by atoms with van der Waals surface area (Å²) in [5.41, 5.74) is -0.486. The number of hydrogen-bond acceptors (Lipinski definition) is 2. The van der Waals surface area contributed by atoms with Crippen molar-refractivity contribution in [1.82, 2.24) is 0 Å². The van der Waals surface area contributed by atoms with E-state index in [1.54, 1.807) is 0 Å². The van der Waals surface area contributed by atoms with Crippen LogP contribution in [0.2, 0.25) is 0 Å². The maximum Gasteiger partial charge on any atom is 0.0713 e. The molecule has 2 saturated carbocycles. The number of fused-ring (bicyclic) bond motifs is 1. The van der Waals surface area contributed by atoms with Crippen molar-refractivity contribution in [2.75, 3.05) is 0 Å². The van der Waals surface area contributed by atoms with Gasteiger partial charge in [0.25, 0.3) is 0 Å². The molecule has 1 aliphatic heterocycles. The summed E-state index contributed by atoms with van der Waals surface area (Å²) in [6.45, 7) is 4.40. The Balaban J connectivity index is 1.81. The van der Waals surface area contributed by atoms with E-state index in [4.69, 9.17) is 4.74 Å². The van der Waals surface area contributed by atoms with Gasteiger partial charge in [0.2, 0.25) is 0 Å². The Morgan fingerprint density at radius 2 is 1.83 bits per heavy atom. The van der Waals surface area contributed by atoms with Crippen LogP contribution >= 0.6 is 0 Å². The van der Waals surface area contributed by atoms with Gasteiger partial charge in [-0.3, -0.25) is 0 Å². The minimum absolute atomic E-state index is 0.0139. The second-order valence-corrected chi connectivity index (χ2v) is 7.46. The van der Waals surface area contributed by atoms with E-state index in [2.05, 4.69) is 13.8 Å². The molecule has 0 aromatic heterocycles. The Bertz CT molecular complexity index is 304. The van der Waals surface area contributed by atoms with Crippen LogP contribution in [-0.2, 0) is 4.74 Å². The van der Waals surface area contributed by atoms with E-state index in [1.807, 2.05) is 0 Å². The van der Waals surface area contributed by atoms with Gasteiger partial charge in [-0.2, -0.15) is 0 Å². The fraction of sp³-hybridized carbons (Fsp3) is 1.00. The molecule has 3 rings (SSSR count). The van der Waals surface area contributed by atoms with Gasteiger partial charge in [-0.25, -0.2) is 0 Å². The molecule has 2 nitrogen and oxygen atoms in total. The Morgan fingerprint density at radius 3 is 2.56 bits per heavy atom. The third kappa shape index (κ3) is 2.22. The summed E-state index contributed by atoms with van der Waals surface area (Å²) in [6.07, 6.45) is 11.0. The Kier molecular flexibility index (Phi) is 3.22. The molecular weight excluding hydrogens is 224 g/mol. The average molecular weight is 252 g/mol. The third-order valence-corrected chi connectivity index (χ3v) is 5.70. The first kappa shape index (κ1) is 12.9. The van der Waals surface area contributed by atoms with Crippen molar-refractivity contribution in [1.29, 1.82) is 0 Å². The van der Waals surface area contributed by atoms with E-state index >= 15 is 0 Å². The van der Waals surface area contributed by atoms with Crippen molar-refractivity contribution in [3.8, 4) is 0 Å². The highest BCUT2D eigenvalue weighted by atomic mass is 16.5. The molecule has 104 valence electrons. The molecule has 4 atom stereocenters. The van der Waals surface area contributed by atoms with Gasteiger partial charge in [0.15, 0.2) is 0 Å². The minimum Gasteiger partial charge on any atom is -0.390 e. The van der Waals surface area contributed by atoms with E-state index in [0.29, 0.717) is 12.0 Å². The van der Waals surface area contributed by atoms with Gasteiger partial charge in [-0.15, -0.1) is 0 Å². The standard InChI is InChI=1S/C16H28O2/c1-12-6-7-13-14(10-12)18-16(11-15(13,2)17)8-4-3-5-9-16/h12-14,17H,3-11H2,1-2H3/t12-,13-,14-,15+/m1/s1. The van der Waals surface area contributed by atoms with Gasteiger partial charge in [0.1, 0.15) is 0 Å². The Hall–Kier alpha value is -0.0800. The maximum absolute atomic E-state index is 10.9. The zero-order valence-electron chi connectivity index (χ0n) is 12.0. The van der Waals surface area contributed by atoms with Crippen molar-refractivity contribution in [2.24, 2.45) is 11.8 Å². The smallest absolute Gasteiger partial charge is 0.0713 e. The lowest BCUT2D eigenvalue weighted by molar-refractivity contribution is -0.248. The van der Waals surface area contributed by atoms with Crippen LogP contribution in [0.3, 0.4) is 0 Å². The summed E-state index contributed by atoms with van der Waals surface area (Å²) in [7, 11) is 0. The van der Waals surface area contributed by atoms with Crippen LogP contribution in [0.1, 0.15) is 71.6 Å². The fourth-order valence-corrected chi connectivity index (χ4v) is 4.81. The summed E-state index contributed by atoms with van der Waals surface area (Å²) in [5.74, 6) is 1.14. The van der Waals surface area contributed by atoms with Crippen molar-refractivity contribution >= 4 is 0 Å². The van der Waals surface area contributed by atoms with Crippen LogP contribution in [0, 0.1) is 11.8 Å². The number of rotatable bonds is 0. The normalized spacial score (nSPS) is 47.8. The molecule has 0 unspecified atom stereocenters. The van der Waals surface area contributed by atoms with E-state index in [1.165, 1.54) is 38.5 Å². The predicted molar refractivity (Wildman–Crippen MR) is 72.4 cm³/mol. The van der Waals surface area contributed by atoms with E-state index in [0.717, 1.165) is 25.2 Å². The van der Waals surface area contributed by atoms with Crippen LogP contribution in [0.25, 0.3) is 0 Å². The number of ether oxygens (including phenoxy) is 1. The molecule has 3 fully saturated rings. The van der Waals surface area contributed by atoms with Crippen LogP contribution in [0.5, 0.6) is 0 Å². The number of aliphatic hydroxyl groups is 1. The summed E-state index contributed by atoms with van der Waals surface area (Å²) in [6, 6.07) is 0. The van der Waals surface area contributed by atoms with E-state index in [9.17, 15) is 5.11 Å². The van der Waals surface area contributed by atoms with Crippen molar-refractivity contribution in [3.05, 3.63) is 0 Å². The lowest BCUT2D eigenvalue weighted by Crippen LogP contribution is -2.59. The minimum atomic E-state index is -0.500. The molecule has 2 aliphatic carbocycles. The topological polar surface area (TPSA) is 29.5 Å². The molecule has 1 saturated heterocycles. The van der Waals surface area contributed by atoms with Gasteiger partial charge >= 0.3 is 0 Å². The van der Waals surface area contributed by atoms with Crippen molar-refractivity contribution < 1.29 is 9.84 Å². The molecule has 2 heteroatoms. The zero-order valence-corrected chi connectivity index (χ0v) is 12.0. The molecule has 3 aliphatic rings. The predicted octanol–water partition coefficient (Wildman–Crippen LogP) is 3.67. The molecule has 1 spiro atoms. The highest BCUT2D eigenvalue weighted by molar-refractivity contribution is 5.03. The zero-order chi connectivity index (χ0) is 12.8. The fourth-order valence-electron chi connectivity index (χ4n) is 4.81. The monoisotopic (exact) mass is 252 g/mol. The van der Waals surface area contributed by atoms with Gasteiger partial charge < -0.3 is 9.84 Å². The first-order valence-corrected chi connectivity index (χ1v) is 7.91. The van der Waals surface area contributed by atoms with Crippen molar-refractivity contribution in [2.45, 2.75) is 88.9 Å². The molecular formula is C16H28O2. The van der Waals surface area contributed by atoms with Gasteiger partial charge in [-0.05, 0) is 38.5 Å². The highest BCUT2D eigenvalue weighted by Crippen LogP contribution is 2.51. The first-order chi connectivity index (χ1) is 8.51. The van der Waals surface area contributed by atoms with Gasteiger partial charge in [0.05, 0.1) is 17.3 Å². The van der Waals surface area contributed by atoms with E-state index in [-0.39, 0.29) is 5.60 Å². The average Bonchev–Trinajstić information content (AvgIpc) is 2.27. The number of hydrogen-bond donors (Lipinski definition) is 1. The SMILES string of the molecule is C[C@@H]1CC[C@@H]2[C@@H](C1)OC1(CCCCC1)C[C@]2(C)O. The second-order valence-electron chi connectivity index (χ2n) is 7.46. The van der Waals surface area contributed by atoms with Crippen LogP contribution in [-0.4, -0.2) is 22.4 Å². The maximum atomic E-state index is 10.9. The van der Waals surface area contributed by atoms with Crippen LogP contribution in [0.15, 0.2) is 0 Å². The summed E-state index contributed by atoms with van der Waals surface area (Å²) < 4.78 is 6.56. The Labute approximate surface area is 111 Å². The third-order valence-electron chi connectivity index (χ3n) is 5.70. The lowest BCUT2D eigenvalue weighted by Gasteiger charge is -2.55. The van der Waals surface area contributed by atoms with E-state index < -0.39 is 5.60 Å². The second kappa shape index (κ2) is 4.49. The molecule has 1 N–H and O–H groups in total. The molecule has 0 amide bonds. The Morgan fingerprint density at radius 1 is 1.11 bits per heavy atom. The summed E-state index contributed by atoms with van der Waals surface area (Å²) in [4.78, 5) is 0. The summed E-state index contributed by atoms with van der Waals surface area (Å²) >= 11 is 0. The van der Waals surface area contributed by atoms with Gasteiger partial charge in [-0.1, -0.05) is 32.6 Å².